The molecule has 3 aromatic rings. The summed E-state index contributed by atoms with van der Waals surface area (Å²) in [5.41, 5.74) is 5.35. The first-order valence-electron chi connectivity index (χ1n) is 6.95. The lowest BCUT2D eigenvalue weighted by Gasteiger charge is -2.00. The zero-order valence-corrected chi connectivity index (χ0v) is 14.4. The molecule has 6 heteroatoms. The zero-order chi connectivity index (χ0) is 16.2. The van der Waals surface area contributed by atoms with Crippen molar-refractivity contribution in [2.45, 2.75) is 6.42 Å². The maximum atomic E-state index is 11.9. The highest BCUT2D eigenvalue weighted by molar-refractivity contribution is 9.10. The van der Waals surface area contributed by atoms with Crippen LogP contribution in [-0.2, 0) is 11.2 Å². The van der Waals surface area contributed by atoms with Crippen LogP contribution in [0.25, 0.3) is 10.9 Å². The normalized spacial score (nSPS) is 11.2. The van der Waals surface area contributed by atoms with Gasteiger partial charge in [0.2, 0.25) is 5.91 Å². The number of fused-ring (bicyclic) bond motifs is 1. The molecule has 0 bridgehead atoms. The second kappa shape index (κ2) is 6.98. The van der Waals surface area contributed by atoms with Gasteiger partial charge in [-0.05, 0) is 35.9 Å². The summed E-state index contributed by atoms with van der Waals surface area (Å²) in [5, 5.41) is 5.71. The summed E-state index contributed by atoms with van der Waals surface area (Å²) in [7, 11) is 0. The molecule has 116 valence electrons. The summed E-state index contributed by atoms with van der Waals surface area (Å²) >= 11 is 9.26. The van der Waals surface area contributed by atoms with E-state index >= 15 is 0 Å². The molecule has 23 heavy (non-hydrogen) atoms. The lowest BCUT2D eigenvalue weighted by Crippen LogP contribution is -2.19. The van der Waals surface area contributed by atoms with Crippen molar-refractivity contribution in [2.75, 3.05) is 0 Å². The van der Waals surface area contributed by atoms with Gasteiger partial charge in [0.15, 0.2) is 0 Å². The molecule has 4 nitrogen and oxygen atoms in total. The number of hydrazone groups is 1. The maximum absolute atomic E-state index is 11.9. The minimum absolute atomic E-state index is 0.176. The number of carbonyl (C=O) groups excluding carboxylic acids is 1. The molecule has 2 aromatic carbocycles. The van der Waals surface area contributed by atoms with Gasteiger partial charge in [-0.2, -0.15) is 5.10 Å². The van der Waals surface area contributed by atoms with Crippen molar-refractivity contribution in [3.8, 4) is 0 Å². The third-order valence-corrected chi connectivity index (χ3v) is 4.09. The maximum Gasteiger partial charge on any atom is 0.244 e. The first-order chi connectivity index (χ1) is 11.1. The molecule has 1 amide bonds. The monoisotopic (exact) mass is 389 g/mol. The Hall–Kier alpha value is -2.11. The van der Waals surface area contributed by atoms with Crippen LogP contribution in [0.2, 0.25) is 5.02 Å². The molecule has 0 aliphatic heterocycles. The van der Waals surface area contributed by atoms with E-state index in [9.17, 15) is 4.79 Å². The summed E-state index contributed by atoms with van der Waals surface area (Å²) in [6, 6.07) is 13.1. The van der Waals surface area contributed by atoms with Gasteiger partial charge in [0.1, 0.15) is 0 Å². The molecule has 1 aromatic heterocycles. The second-order valence-electron chi connectivity index (χ2n) is 5.03. The Bertz CT molecular complexity index is 871. The van der Waals surface area contributed by atoms with Gasteiger partial charge in [-0.3, -0.25) is 4.79 Å². The van der Waals surface area contributed by atoms with E-state index in [1.165, 1.54) is 0 Å². The van der Waals surface area contributed by atoms with Crippen LogP contribution in [0.1, 0.15) is 11.1 Å². The van der Waals surface area contributed by atoms with Crippen molar-refractivity contribution >= 4 is 50.6 Å². The average Bonchev–Trinajstić information content (AvgIpc) is 2.92. The molecule has 2 N–H and O–H groups in total. The van der Waals surface area contributed by atoms with Crippen LogP contribution in [0.3, 0.4) is 0 Å². The Balaban J connectivity index is 1.64. The van der Waals surface area contributed by atoms with Gasteiger partial charge >= 0.3 is 0 Å². The Morgan fingerprint density at radius 3 is 2.83 bits per heavy atom. The summed E-state index contributed by atoms with van der Waals surface area (Å²) < 4.78 is 0.992. The van der Waals surface area contributed by atoms with Gasteiger partial charge in [-0.15, -0.1) is 0 Å². The highest BCUT2D eigenvalue weighted by Gasteiger charge is 2.04. The van der Waals surface area contributed by atoms with Crippen LogP contribution in [0.15, 0.2) is 58.2 Å². The van der Waals surface area contributed by atoms with Crippen molar-refractivity contribution < 1.29 is 4.79 Å². The van der Waals surface area contributed by atoms with Gasteiger partial charge < -0.3 is 4.98 Å². The standard InChI is InChI=1S/C17H13BrClN3O/c18-13-3-6-16-15(8-13)12(9-20-16)10-21-22-17(23)7-11-1-4-14(19)5-2-11/h1-6,8-10,20H,7H2,(H,22,23)/b21-10-. The Labute approximate surface area is 146 Å². The van der Waals surface area contributed by atoms with Crippen molar-refractivity contribution in [1.29, 1.82) is 0 Å². The molecule has 0 aliphatic carbocycles. The zero-order valence-electron chi connectivity index (χ0n) is 12.0. The molecule has 3 rings (SSSR count). The number of hydrogen-bond donors (Lipinski definition) is 2. The molecule has 0 fully saturated rings. The van der Waals surface area contributed by atoms with Crippen LogP contribution in [0.5, 0.6) is 0 Å². The van der Waals surface area contributed by atoms with Gasteiger partial charge in [-0.25, -0.2) is 5.43 Å². The number of halogens is 2. The molecule has 0 atom stereocenters. The number of benzene rings is 2. The molecule has 1 heterocycles. The molecule has 0 spiro atoms. The Kier molecular flexibility index (Phi) is 4.79. The third-order valence-electron chi connectivity index (χ3n) is 3.35. The Morgan fingerprint density at radius 1 is 1.26 bits per heavy atom. The number of nitrogens with zero attached hydrogens (tertiary/aromatic N) is 1. The predicted octanol–water partition coefficient (Wildman–Crippen LogP) is 4.28. The van der Waals surface area contributed by atoms with Gasteiger partial charge in [-0.1, -0.05) is 39.7 Å². The second-order valence-corrected chi connectivity index (χ2v) is 6.38. The molecule has 0 saturated carbocycles. The van der Waals surface area contributed by atoms with E-state index in [0.29, 0.717) is 5.02 Å². The highest BCUT2D eigenvalue weighted by Crippen LogP contribution is 2.21. The van der Waals surface area contributed by atoms with Crippen molar-refractivity contribution in [3.05, 3.63) is 69.3 Å². The van der Waals surface area contributed by atoms with E-state index in [0.717, 1.165) is 26.5 Å². The van der Waals surface area contributed by atoms with Gasteiger partial charge in [0.25, 0.3) is 0 Å². The number of hydrogen-bond acceptors (Lipinski definition) is 2. The molecular formula is C17H13BrClN3O. The van der Waals surface area contributed by atoms with Gasteiger partial charge in [0.05, 0.1) is 12.6 Å². The van der Waals surface area contributed by atoms with Gasteiger partial charge in [0, 0.05) is 32.2 Å². The summed E-state index contributed by atoms with van der Waals surface area (Å²) in [6.07, 6.45) is 3.74. The number of aromatic nitrogens is 1. The first kappa shape index (κ1) is 15.8. The number of H-pyrrole nitrogens is 1. The topological polar surface area (TPSA) is 57.2 Å². The fourth-order valence-electron chi connectivity index (χ4n) is 2.22. The fraction of sp³-hybridized carbons (Fsp3) is 0.0588. The van der Waals surface area contributed by atoms with E-state index in [-0.39, 0.29) is 12.3 Å². The Morgan fingerprint density at radius 2 is 2.04 bits per heavy atom. The van der Waals surface area contributed by atoms with Crippen LogP contribution in [0.4, 0.5) is 0 Å². The molecule has 0 radical (unpaired) electrons. The first-order valence-corrected chi connectivity index (χ1v) is 8.12. The third kappa shape index (κ3) is 4.00. The quantitative estimate of drug-likeness (QED) is 0.507. The molecular weight excluding hydrogens is 378 g/mol. The smallest absolute Gasteiger partial charge is 0.244 e. The summed E-state index contributed by atoms with van der Waals surface area (Å²) in [6.45, 7) is 0. The largest absolute Gasteiger partial charge is 0.361 e. The molecule has 0 unspecified atom stereocenters. The number of carbonyl (C=O) groups is 1. The van der Waals surface area contributed by atoms with E-state index in [1.54, 1.807) is 18.3 Å². The fourth-order valence-corrected chi connectivity index (χ4v) is 2.71. The van der Waals surface area contributed by atoms with Crippen LogP contribution in [-0.4, -0.2) is 17.1 Å². The number of aromatic amines is 1. The van der Waals surface area contributed by atoms with E-state index in [2.05, 4.69) is 31.4 Å². The number of rotatable bonds is 4. The van der Waals surface area contributed by atoms with E-state index in [4.69, 9.17) is 11.6 Å². The average molecular weight is 391 g/mol. The summed E-state index contributed by atoms with van der Waals surface area (Å²) in [4.78, 5) is 15.0. The van der Waals surface area contributed by atoms with Crippen molar-refractivity contribution in [1.82, 2.24) is 10.4 Å². The minimum Gasteiger partial charge on any atom is -0.361 e. The SMILES string of the molecule is O=C(Cc1ccc(Cl)cc1)N/N=C\c1c[nH]c2ccc(Br)cc12. The molecule has 0 saturated heterocycles. The van der Waals surface area contributed by atoms with Crippen LogP contribution < -0.4 is 5.43 Å². The number of amides is 1. The van der Waals surface area contributed by atoms with Crippen molar-refractivity contribution in [3.63, 3.8) is 0 Å². The lowest BCUT2D eigenvalue weighted by atomic mass is 10.1. The predicted molar refractivity (Wildman–Crippen MR) is 96.9 cm³/mol. The van der Waals surface area contributed by atoms with Crippen LogP contribution in [0, 0.1) is 0 Å². The minimum atomic E-state index is -0.176. The van der Waals surface area contributed by atoms with E-state index in [1.807, 2.05) is 36.5 Å². The van der Waals surface area contributed by atoms with Crippen LogP contribution >= 0.6 is 27.5 Å². The van der Waals surface area contributed by atoms with Crippen molar-refractivity contribution in [2.24, 2.45) is 5.10 Å². The highest BCUT2D eigenvalue weighted by atomic mass is 79.9. The number of nitrogens with one attached hydrogen (secondary N) is 2. The molecule has 0 aliphatic rings. The van der Waals surface area contributed by atoms with E-state index < -0.39 is 0 Å². The summed E-state index contributed by atoms with van der Waals surface area (Å²) in [5.74, 6) is -0.176. The lowest BCUT2D eigenvalue weighted by molar-refractivity contribution is -0.120.